The molecule has 1 fully saturated rings. The number of methoxy groups -OCH3 is 1. The Kier molecular flexibility index (Phi) is 6.21. The zero-order chi connectivity index (χ0) is 20.3. The highest BCUT2D eigenvalue weighted by molar-refractivity contribution is 8.18. The van der Waals surface area contributed by atoms with Crippen molar-refractivity contribution in [3.63, 3.8) is 0 Å². The molecule has 0 atom stereocenters. The standard InChI is InChI=1S/C21H19ClN2O3S/c1-4-24-19(25)18(12-14-8-10-15(11-9-14)20(26)27-3)28-21(24)23-17-7-5-6-16(22)13(17)2/h5-12H,4H2,1-3H3/b18-12+,23-21?. The molecule has 28 heavy (non-hydrogen) atoms. The first-order chi connectivity index (χ1) is 13.4. The van der Waals surface area contributed by atoms with E-state index in [2.05, 4.69) is 4.99 Å². The molecule has 144 valence electrons. The maximum Gasteiger partial charge on any atom is 0.337 e. The molecule has 0 aliphatic carbocycles. The monoisotopic (exact) mass is 414 g/mol. The van der Waals surface area contributed by atoms with E-state index in [1.165, 1.54) is 18.9 Å². The Morgan fingerprint density at radius 2 is 1.96 bits per heavy atom. The van der Waals surface area contributed by atoms with E-state index in [4.69, 9.17) is 16.3 Å². The number of hydrogen-bond donors (Lipinski definition) is 0. The van der Waals surface area contributed by atoms with Crippen molar-refractivity contribution in [1.82, 2.24) is 4.90 Å². The van der Waals surface area contributed by atoms with Crippen molar-refractivity contribution in [1.29, 1.82) is 0 Å². The minimum atomic E-state index is -0.394. The van der Waals surface area contributed by atoms with Gasteiger partial charge in [-0.15, -0.1) is 0 Å². The molecule has 1 heterocycles. The highest BCUT2D eigenvalue weighted by atomic mass is 35.5. The largest absolute Gasteiger partial charge is 0.465 e. The molecule has 0 spiro atoms. The highest BCUT2D eigenvalue weighted by Crippen LogP contribution is 2.35. The van der Waals surface area contributed by atoms with Crippen LogP contribution in [0.3, 0.4) is 0 Å². The van der Waals surface area contributed by atoms with Gasteiger partial charge in [0.1, 0.15) is 0 Å². The number of carbonyl (C=O) groups excluding carboxylic acids is 2. The third-order valence-corrected chi connectivity index (χ3v) is 5.71. The Morgan fingerprint density at radius 1 is 1.25 bits per heavy atom. The summed E-state index contributed by atoms with van der Waals surface area (Å²) in [6, 6.07) is 12.4. The van der Waals surface area contributed by atoms with Gasteiger partial charge in [0.05, 0.1) is 23.3 Å². The summed E-state index contributed by atoms with van der Waals surface area (Å²) in [4.78, 5) is 31.2. The normalized spacial score (nSPS) is 16.9. The van der Waals surface area contributed by atoms with Crippen molar-refractivity contribution >= 4 is 52.2 Å². The van der Waals surface area contributed by atoms with Gasteiger partial charge in [0.25, 0.3) is 5.91 Å². The van der Waals surface area contributed by atoms with Gasteiger partial charge in [-0.3, -0.25) is 9.69 Å². The maximum absolute atomic E-state index is 12.8. The van der Waals surface area contributed by atoms with Gasteiger partial charge in [0.15, 0.2) is 5.17 Å². The SMILES string of the molecule is CCN1C(=O)/C(=C\c2ccc(C(=O)OC)cc2)SC1=Nc1cccc(Cl)c1C. The van der Waals surface area contributed by atoms with E-state index in [9.17, 15) is 9.59 Å². The molecule has 0 unspecified atom stereocenters. The first-order valence-electron chi connectivity index (χ1n) is 8.68. The number of ether oxygens (including phenoxy) is 1. The third-order valence-electron chi connectivity index (χ3n) is 4.29. The number of nitrogens with zero attached hydrogens (tertiary/aromatic N) is 2. The molecule has 0 radical (unpaired) electrons. The minimum absolute atomic E-state index is 0.0945. The predicted octanol–water partition coefficient (Wildman–Crippen LogP) is 5.06. The van der Waals surface area contributed by atoms with Crippen LogP contribution in [0.15, 0.2) is 52.4 Å². The number of benzene rings is 2. The summed E-state index contributed by atoms with van der Waals surface area (Å²) in [5.74, 6) is -0.489. The van der Waals surface area contributed by atoms with Crippen LogP contribution in [-0.2, 0) is 9.53 Å². The summed E-state index contributed by atoms with van der Waals surface area (Å²) >= 11 is 7.50. The molecule has 1 saturated heterocycles. The third kappa shape index (κ3) is 4.13. The summed E-state index contributed by atoms with van der Waals surface area (Å²) < 4.78 is 4.70. The number of likely N-dealkylation sites (N-methyl/N-ethyl adjacent to an activating group) is 1. The van der Waals surface area contributed by atoms with Crippen LogP contribution in [0.4, 0.5) is 5.69 Å². The van der Waals surface area contributed by atoms with Crippen molar-refractivity contribution in [3.05, 3.63) is 69.1 Å². The predicted molar refractivity (Wildman–Crippen MR) is 114 cm³/mol. The summed E-state index contributed by atoms with van der Waals surface area (Å²) in [6.45, 7) is 4.33. The smallest absolute Gasteiger partial charge is 0.337 e. The van der Waals surface area contributed by atoms with Gasteiger partial charge in [-0.2, -0.15) is 0 Å². The molecule has 0 saturated carbocycles. The Balaban J connectivity index is 1.91. The second kappa shape index (κ2) is 8.63. The topological polar surface area (TPSA) is 59.0 Å². The van der Waals surface area contributed by atoms with Crippen molar-refractivity contribution in [2.45, 2.75) is 13.8 Å². The Hall–Kier alpha value is -2.57. The van der Waals surface area contributed by atoms with E-state index >= 15 is 0 Å². The number of hydrogen-bond acceptors (Lipinski definition) is 5. The summed E-state index contributed by atoms with van der Waals surface area (Å²) in [6.07, 6.45) is 1.80. The second-order valence-corrected chi connectivity index (χ2v) is 7.47. The quantitative estimate of drug-likeness (QED) is 0.518. The van der Waals surface area contributed by atoms with E-state index in [0.29, 0.717) is 27.2 Å². The number of carbonyl (C=O) groups is 2. The van der Waals surface area contributed by atoms with Crippen molar-refractivity contribution in [3.8, 4) is 0 Å². The molecule has 7 heteroatoms. The van der Waals surface area contributed by atoms with Crippen LogP contribution in [0.1, 0.15) is 28.4 Å². The lowest BCUT2D eigenvalue weighted by Gasteiger charge is -2.12. The van der Waals surface area contributed by atoms with E-state index < -0.39 is 5.97 Å². The minimum Gasteiger partial charge on any atom is -0.465 e. The number of halogens is 1. The van der Waals surface area contributed by atoms with Gasteiger partial charge in [0.2, 0.25) is 0 Å². The van der Waals surface area contributed by atoms with Crippen LogP contribution in [0.25, 0.3) is 6.08 Å². The number of aliphatic imine (C=N–C) groups is 1. The molecule has 3 rings (SSSR count). The molecule has 1 aliphatic heterocycles. The number of thioether (sulfide) groups is 1. The Morgan fingerprint density at radius 3 is 2.61 bits per heavy atom. The average Bonchev–Trinajstić information content (AvgIpc) is 2.99. The molecular weight excluding hydrogens is 396 g/mol. The fraction of sp³-hybridized carbons (Fsp3) is 0.190. The van der Waals surface area contributed by atoms with E-state index in [1.54, 1.807) is 35.2 Å². The van der Waals surface area contributed by atoms with Gasteiger partial charge < -0.3 is 4.74 Å². The van der Waals surface area contributed by atoms with Gasteiger partial charge in [-0.05, 0) is 67.1 Å². The zero-order valence-electron chi connectivity index (χ0n) is 15.7. The van der Waals surface area contributed by atoms with Crippen LogP contribution >= 0.6 is 23.4 Å². The fourth-order valence-corrected chi connectivity index (χ4v) is 3.90. The molecule has 2 aromatic carbocycles. The zero-order valence-corrected chi connectivity index (χ0v) is 17.3. The lowest BCUT2D eigenvalue weighted by molar-refractivity contribution is -0.122. The lowest BCUT2D eigenvalue weighted by Crippen LogP contribution is -2.28. The average molecular weight is 415 g/mol. The molecule has 1 amide bonds. The first kappa shape index (κ1) is 20.2. The van der Waals surface area contributed by atoms with E-state index in [-0.39, 0.29) is 5.91 Å². The second-order valence-electron chi connectivity index (χ2n) is 6.05. The van der Waals surface area contributed by atoms with E-state index in [1.807, 2.05) is 32.0 Å². The summed E-state index contributed by atoms with van der Waals surface area (Å²) in [5, 5.41) is 1.26. The molecular formula is C21H19ClN2O3S. The molecule has 0 N–H and O–H groups in total. The number of amides is 1. The van der Waals surface area contributed by atoms with Crippen molar-refractivity contribution < 1.29 is 14.3 Å². The summed E-state index contributed by atoms with van der Waals surface area (Å²) in [5.41, 5.74) is 2.89. The Bertz CT molecular complexity index is 984. The van der Waals surface area contributed by atoms with Gasteiger partial charge in [-0.25, -0.2) is 9.79 Å². The van der Waals surface area contributed by atoms with Crippen LogP contribution in [0.5, 0.6) is 0 Å². The fourth-order valence-electron chi connectivity index (χ4n) is 2.68. The van der Waals surface area contributed by atoms with Gasteiger partial charge in [0, 0.05) is 11.6 Å². The number of rotatable bonds is 4. The first-order valence-corrected chi connectivity index (χ1v) is 9.87. The number of amidine groups is 1. The van der Waals surface area contributed by atoms with Crippen molar-refractivity contribution in [2.75, 3.05) is 13.7 Å². The van der Waals surface area contributed by atoms with Crippen LogP contribution in [-0.4, -0.2) is 35.6 Å². The highest BCUT2D eigenvalue weighted by Gasteiger charge is 2.32. The number of esters is 1. The van der Waals surface area contributed by atoms with Crippen molar-refractivity contribution in [2.24, 2.45) is 4.99 Å². The molecule has 0 aromatic heterocycles. The van der Waals surface area contributed by atoms with Crippen LogP contribution in [0, 0.1) is 6.92 Å². The Labute approximate surface area is 173 Å². The van der Waals surface area contributed by atoms with Crippen LogP contribution in [0.2, 0.25) is 5.02 Å². The summed E-state index contributed by atoms with van der Waals surface area (Å²) in [7, 11) is 1.34. The van der Waals surface area contributed by atoms with Gasteiger partial charge in [-0.1, -0.05) is 29.8 Å². The lowest BCUT2D eigenvalue weighted by atomic mass is 10.1. The van der Waals surface area contributed by atoms with E-state index in [0.717, 1.165) is 16.8 Å². The molecule has 5 nitrogen and oxygen atoms in total. The van der Waals surface area contributed by atoms with Gasteiger partial charge >= 0.3 is 5.97 Å². The molecule has 1 aliphatic rings. The van der Waals surface area contributed by atoms with Crippen LogP contribution < -0.4 is 0 Å². The maximum atomic E-state index is 12.8. The molecule has 2 aromatic rings. The molecule has 0 bridgehead atoms.